The molecule has 29 heavy (non-hydrogen) atoms. The minimum atomic E-state index is -0.431. The molecule has 1 fully saturated rings. The van der Waals surface area contributed by atoms with E-state index in [9.17, 15) is 9.59 Å². The topological polar surface area (TPSA) is 55.4 Å². The molecule has 0 spiro atoms. The Morgan fingerprint density at radius 2 is 1.24 bits per heavy atom. The maximum Gasteiger partial charge on any atom is 0.309 e. The lowest BCUT2D eigenvalue weighted by atomic mass is 9.80. The van der Waals surface area contributed by atoms with Gasteiger partial charge in [-0.05, 0) is 40.0 Å². The Labute approximate surface area is 179 Å². The van der Waals surface area contributed by atoms with Crippen molar-refractivity contribution in [3.8, 4) is 0 Å². The fraction of sp³-hybridized carbons (Fsp3) is 0.920. The second-order valence-corrected chi connectivity index (χ2v) is 9.96. The molecular weight excluding hydrogens is 362 g/mol. The number of amides is 1. The molecule has 0 saturated heterocycles. The highest BCUT2D eigenvalue weighted by Crippen LogP contribution is 2.30. The van der Waals surface area contributed by atoms with E-state index in [-0.39, 0.29) is 23.8 Å². The largest absolute Gasteiger partial charge is 0.460 e. The Morgan fingerprint density at radius 3 is 1.69 bits per heavy atom. The Hall–Kier alpha value is -1.06. The number of unbranched alkanes of at least 4 members (excludes halogenated alkanes) is 12. The molecule has 0 bridgehead atoms. The highest BCUT2D eigenvalue weighted by molar-refractivity contribution is 5.78. The van der Waals surface area contributed by atoms with E-state index in [0.717, 1.165) is 25.7 Å². The van der Waals surface area contributed by atoms with E-state index in [1.165, 1.54) is 70.6 Å². The second-order valence-electron chi connectivity index (χ2n) is 9.96. The van der Waals surface area contributed by atoms with Gasteiger partial charge in [-0.3, -0.25) is 9.59 Å². The van der Waals surface area contributed by atoms with Crippen molar-refractivity contribution < 1.29 is 14.3 Å². The summed E-state index contributed by atoms with van der Waals surface area (Å²) >= 11 is 0. The predicted octanol–water partition coefficient (Wildman–Crippen LogP) is 6.70. The van der Waals surface area contributed by atoms with Gasteiger partial charge in [-0.1, -0.05) is 84.0 Å². The normalized spacial score (nSPS) is 18.9. The summed E-state index contributed by atoms with van der Waals surface area (Å²) in [6.45, 7) is 7.93. The number of rotatable bonds is 16. The number of esters is 1. The van der Waals surface area contributed by atoms with Gasteiger partial charge in [-0.25, -0.2) is 0 Å². The fourth-order valence-corrected chi connectivity index (χ4v) is 3.92. The van der Waals surface area contributed by atoms with Crippen molar-refractivity contribution in [2.45, 2.75) is 142 Å². The summed E-state index contributed by atoms with van der Waals surface area (Å²) in [5.74, 6) is -0.0314. The zero-order chi connectivity index (χ0) is 21.5. The molecule has 1 amide bonds. The lowest BCUT2D eigenvalue weighted by molar-refractivity contribution is -0.164. The lowest BCUT2D eigenvalue weighted by Crippen LogP contribution is -2.48. The van der Waals surface area contributed by atoms with Crippen LogP contribution >= 0.6 is 0 Å². The molecule has 1 saturated carbocycles. The van der Waals surface area contributed by atoms with Crippen LogP contribution in [0.15, 0.2) is 0 Å². The Morgan fingerprint density at radius 1 is 0.793 bits per heavy atom. The Balaban J connectivity index is 1.87. The molecule has 0 aliphatic heterocycles. The molecule has 1 rings (SSSR count). The summed E-state index contributed by atoms with van der Waals surface area (Å²) in [6, 6.07) is 0.155. The van der Waals surface area contributed by atoms with Crippen molar-refractivity contribution >= 4 is 11.9 Å². The van der Waals surface area contributed by atoms with Crippen LogP contribution in [0.2, 0.25) is 0 Å². The van der Waals surface area contributed by atoms with Crippen LogP contribution in [-0.4, -0.2) is 23.5 Å². The van der Waals surface area contributed by atoms with Crippen molar-refractivity contribution in [1.82, 2.24) is 5.32 Å². The molecule has 0 aromatic carbocycles. The summed E-state index contributed by atoms with van der Waals surface area (Å²) in [6.07, 6.45) is 19.2. The number of carbonyl (C=O) groups is 2. The van der Waals surface area contributed by atoms with Crippen molar-refractivity contribution in [2.24, 2.45) is 5.92 Å². The van der Waals surface area contributed by atoms with Crippen molar-refractivity contribution in [2.75, 3.05) is 0 Å². The van der Waals surface area contributed by atoms with Crippen LogP contribution in [0.25, 0.3) is 0 Å². The molecule has 1 N–H and O–H groups in total. The summed E-state index contributed by atoms with van der Waals surface area (Å²) in [4.78, 5) is 24.0. The van der Waals surface area contributed by atoms with Gasteiger partial charge in [0, 0.05) is 12.5 Å². The van der Waals surface area contributed by atoms with E-state index in [2.05, 4.69) is 12.2 Å². The smallest absolute Gasteiger partial charge is 0.309 e. The zero-order valence-corrected chi connectivity index (χ0v) is 19.7. The van der Waals surface area contributed by atoms with E-state index in [1.807, 2.05) is 20.8 Å². The lowest BCUT2D eigenvalue weighted by Gasteiger charge is -2.35. The SMILES string of the molecule is CCCCCCCCCCCCCCCC(=O)NC1CC(C(=O)OC(C)(C)C)C1. The van der Waals surface area contributed by atoms with Gasteiger partial charge >= 0.3 is 5.97 Å². The molecule has 170 valence electrons. The number of hydrogen-bond acceptors (Lipinski definition) is 3. The first-order valence-electron chi connectivity index (χ1n) is 12.3. The molecule has 0 unspecified atom stereocenters. The molecule has 0 heterocycles. The molecule has 1 aliphatic rings. The fourth-order valence-electron chi connectivity index (χ4n) is 3.92. The maximum absolute atomic E-state index is 12.0. The highest BCUT2D eigenvalue weighted by atomic mass is 16.6. The van der Waals surface area contributed by atoms with Crippen LogP contribution < -0.4 is 5.32 Å². The molecule has 4 nitrogen and oxygen atoms in total. The number of nitrogens with one attached hydrogen (secondary N) is 1. The Bertz CT molecular complexity index is 449. The summed E-state index contributed by atoms with van der Waals surface area (Å²) in [7, 11) is 0. The molecular formula is C25H47NO3. The standard InChI is InChI=1S/C25H47NO3/c1-5-6-7-8-9-10-11-12-13-14-15-16-17-18-23(27)26-22-19-21(20-22)24(28)29-25(2,3)4/h21-22H,5-20H2,1-4H3,(H,26,27). The molecule has 0 aromatic rings. The summed E-state index contributed by atoms with van der Waals surface area (Å²) in [5, 5.41) is 3.06. The first kappa shape index (κ1) is 26.0. The van der Waals surface area contributed by atoms with Crippen LogP contribution in [0, 0.1) is 5.92 Å². The van der Waals surface area contributed by atoms with Gasteiger partial charge in [-0.2, -0.15) is 0 Å². The third-order valence-corrected chi connectivity index (χ3v) is 5.75. The van der Waals surface area contributed by atoms with Crippen LogP contribution in [0.4, 0.5) is 0 Å². The highest BCUT2D eigenvalue weighted by Gasteiger charge is 2.37. The predicted molar refractivity (Wildman–Crippen MR) is 121 cm³/mol. The van der Waals surface area contributed by atoms with Gasteiger partial charge in [0.15, 0.2) is 0 Å². The van der Waals surface area contributed by atoms with Crippen molar-refractivity contribution in [1.29, 1.82) is 0 Å². The van der Waals surface area contributed by atoms with Gasteiger partial charge in [0.25, 0.3) is 0 Å². The zero-order valence-electron chi connectivity index (χ0n) is 19.7. The third kappa shape index (κ3) is 13.7. The summed E-state index contributed by atoms with van der Waals surface area (Å²) < 4.78 is 5.40. The van der Waals surface area contributed by atoms with E-state index in [4.69, 9.17) is 4.74 Å². The monoisotopic (exact) mass is 409 g/mol. The second kappa shape index (κ2) is 14.8. The minimum absolute atomic E-state index is 0.0455. The third-order valence-electron chi connectivity index (χ3n) is 5.75. The van der Waals surface area contributed by atoms with Crippen molar-refractivity contribution in [3.63, 3.8) is 0 Å². The first-order valence-corrected chi connectivity index (χ1v) is 12.3. The molecule has 0 aromatic heterocycles. The quantitative estimate of drug-likeness (QED) is 0.228. The molecule has 1 aliphatic carbocycles. The molecule has 0 radical (unpaired) electrons. The van der Waals surface area contributed by atoms with Crippen LogP contribution in [0.3, 0.4) is 0 Å². The first-order chi connectivity index (χ1) is 13.8. The van der Waals surface area contributed by atoms with E-state index < -0.39 is 5.60 Å². The van der Waals surface area contributed by atoms with Gasteiger partial charge in [0.05, 0.1) is 5.92 Å². The number of hydrogen-bond donors (Lipinski definition) is 1. The minimum Gasteiger partial charge on any atom is -0.460 e. The van der Waals surface area contributed by atoms with E-state index >= 15 is 0 Å². The van der Waals surface area contributed by atoms with Crippen molar-refractivity contribution in [3.05, 3.63) is 0 Å². The van der Waals surface area contributed by atoms with Gasteiger partial charge < -0.3 is 10.1 Å². The average molecular weight is 410 g/mol. The molecule has 4 heteroatoms. The summed E-state index contributed by atoms with van der Waals surface area (Å²) in [5.41, 5.74) is -0.431. The number of ether oxygens (including phenoxy) is 1. The van der Waals surface area contributed by atoms with E-state index in [1.54, 1.807) is 0 Å². The van der Waals surface area contributed by atoms with Crippen LogP contribution in [-0.2, 0) is 14.3 Å². The maximum atomic E-state index is 12.0. The van der Waals surface area contributed by atoms with Gasteiger partial charge in [0.1, 0.15) is 5.60 Å². The van der Waals surface area contributed by atoms with Gasteiger partial charge in [-0.15, -0.1) is 0 Å². The van der Waals surface area contributed by atoms with E-state index in [0.29, 0.717) is 6.42 Å². The average Bonchev–Trinajstić information content (AvgIpc) is 2.60. The number of carbonyl (C=O) groups excluding carboxylic acids is 2. The Kier molecular flexibility index (Phi) is 13.3. The van der Waals surface area contributed by atoms with Crippen LogP contribution in [0.1, 0.15) is 130 Å². The molecule has 0 atom stereocenters. The van der Waals surface area contributed by atoms with Gasteiger partial charge in [0.2, 0.25) is 5.91 Å². The van der Waals surface area contributed by atoms with Crippen LogP contribution in [0.5, 0.6) is 0 Å².